The summed E-state index contributed by atoms with van der Waals surface area (Å²) < 4.78 is 0. The summed E-state index contributed by atoms with van der Waals surface area (Å²) in [5.41, 5.74) is 0.983. The van der Waals surface area contributed by atoms with Gasteiger partial charge in [0.2, 0.25) is 0 Å². The predicted octanol–water partition coefficient (Wildman–Crippen LogP) is 0.638. The number of aliphatic hydroxyl groups excluding tert-OH is 1. The molecule has 1 aromatic heterocycles. The predicted molar refractivity (Wildman–Crippen MR) is 70.8 cm³/mol. The number of pyridine rings is 1. The van der Waals surface area contributed by atoms with Gasteiger partial charge < -0.3 is 5.11 Å². The first-order chi connectivity index (χ1) is 8.74. The minimum atomic E-state index is -0.354. The zero-order valence-corrected chi connectivity index (χ0v) is 11.1. The highest BCUT2D eigenvalue weighted by Crippen LogP contribution is 2.22. The first-order valence-corrected chi connectivity index (χ1v) is 6.84. The van der Waals surface area contributed by atoms with Crippen LogP contribution < -0.4 is 0 Å². The van der Waals surface area contributed by atoms with Gasteiger partial charge in [0.05, 0.1) is 11.1 Å². The second kappa shape index (κ2) is 5.13. The Morgan fingerprint density at radius 1 is 1.39 bits per heavy atom. The fourth-order valence-electron chi connectivity index (χ4n) is 2.95. The molecule has 4 heterocycles. The summed E-state index contributed by atoms with van der Waals surface area (Å²) in [7, 11) is 0. The fraction of sp³-hybridized carbons (Fsp3) is 0.615. The van der Waals surface area contributed by atoms with Gasteiger partial charge in [0.15, 0.2) is 0 Å². The summed E-state index contributed by atoms with van der Waals surface area (Å²) in [6.45, 7) is 5.40. The molecule has 1 N–H and O–H groups in total. The lowest BCUT2D eigenvalue weighted by Gasteiger charge is -2.49. The smallest absolute Gasteiger partial charge is 0.0748 e. The first kappa shape index (κ1) is 12.4. The van der Waals surface area contributed by atoms with Crippen LogP contribution in [-0.2, 0) is 6.42 Å². The van der Waals surface area contributed by atoms with Crippen molar-refractivity contribution in [3.05, 3.63) is 29.0 Å². The molecule has 2 unspecified atom stereocenters. The molecule has 0 spiro atoms. The van der Waals surface area contributed by atoms with E-state index in [2.05, 4.69) is 14.8 Å². The second-order valence-corrected chi connectivity index (χ2v) is 5.55. The number of hydrogen-bond donors (Lipinski definition) is 1. The van der Waals surface area contributed by atoms with Crippen molar-refractivity contribution in [2.45, 2.75) is 18.6 Å². The molecule has 3 saturated heterocycles. The zero-order valence-electron chi connectivity index (χ0n) is 10.3. The Morgan fingerprint density at radius 3 is 2.78 bits per heavy atom. The lowest BCUT2D eigenvalue weighted by atomic mass is 9.97. The Kier molecular flexibility index (Phi) is 3.52. The Labute approximate surface area is 112 Å². The van der Waals surface area contributed by atoms with Crippen molar-refractivity contribution >= 4 is 11.6 Å². The Hall–Kier alpha value is -0.680. The molecule has 3 fully saturated rings. The molecule has 1 aromatic rings. The Bertz CT molecular complexity index is 420. The van der Waals surface area contributed by atoms with Crippen LogP contribution in [0, 0.1) is 0 Å². The van der Waals surface area contributed by atoms with Gasteiger partial charge in [-0.15, -0.1) is 0 Å². The summed E-state index contributed by atoms with van der Waals surface area (Å²) in [5, 5.41) is 11.1. The third-order valence-electron chi connectivity index (χ3n) is 4.05. The van der Waals surface area contributed by atoms with Gasteiger partial charge in [0, 0.05) is 57.6 Å². The molecule has 0 amide bonds. The van der Waals surface area contributed by atoms with Gasteiger partial charge in [-0.2, -0.15) is 0 Å². The number of piperazine rings is 3. The van der Waals surface area contributed by atoms with Crippen LogP contribution in [0.4, 0.5) is 0 Å². The zero-order chi connectivity index (χ0) is 12.5. The fourth-order valence-corrected chi connectivity index (χ4v) is 3.15. The maximum absolute atomic E-state index is 10.4. The van der Waals surface area contributed by atoms with E-state index in [0.29, 0.717) is 11.4 Å². The molecule has 0 aliphatic carbocycles. The van der Waals surface area contributed by atoms with Crippen LogP contribution in [0.5, 0.6) is 0 Å². The van der Waals surface area contributed by atoms with Crippen LogP contribution in [0.15, 0.2) is 18.5 Å². The van der Waals surface area contributed by atoms with Crippen molar-refractivity contribution in [2.24, 2.45) is 0 Å². The SMILES string of the molecule is OC(Cc1ccncc1Cl)C1CN2CCN1CC2. The van der Waals surface area contributed by atoms with Gasteiger partial charge in [0.1, 0.15) is 0 Å². The largest absolute Gasteiger partial charge is 0.391 e. The summed E-state index contributed by atoms with van der Waals surface area (Å²) in [5.74, 6) is 0. The van der Waals surface area contributed by atoms with E-state index in [0.717, 1.165) is 38.3 Å². The molecular weight excluding hydrogens is 250 g/mol. The number of halogens is 1. The summed E-state index contributed by atoms with van der Waals surface area (Å²) in [6.07, 6.45) is 3.62. The third-order valence-corrected chi connectivity index (χ3v) is 4.39. The third kappa shape index (κ3) is 2.38. The maximum Gasteiger partial charge on any atom is 0.0748 e. The Morgan fingerprint density at radius 2 is 2.17 bits per heavy atom. The molecule has 3 aliphatic heterocycles. The van der Waals surface area contributed by atoms with Crippen LogP contribution in [0.3, 0.4) is 0 Å². The van der Waals surface area contributed by atoms with Crippen molar-refractivity contribution in [3.63, 3.8) is 0 Å². The van der Waals surface area contributed by atoms with Crippen molar-refractivity contribution in [1.82, 2.24) is 14.8 Å². The number of nitrogens with zero attached hydrogens (tertiary/aromatic N) is 3. The molecule has 0 radical (unpaired) electrons. The minimum Gasteiger partial charge on any atom is -0.391 e. The van der Waals surface area contributed by atoms with Crippen LogP contribution in [0.2, 0.25) is 5.02 Å². The molecule has 2 atom stereocenters. The van der Waals surface area contributed by atoms with Crippen LogP contribution >= 0.6 is 11.6 Å². The molecule has 4 rings (SSSR count). The lowest BCUT2D eigenvalue weighted by Crippen LogP contribution is -2.64. The van der Waals surface area contributed by atoms with Crippen molar-refractivity contribution in [3.8, 4) is 0 Å². The molecule has 98 valence electrons. The number of aromatic nitrogens is 1. The van der Waals surface area contributed by atoms with Crippen molar-refractivity contribution in [1.29, 1.82) is 0 Å². The summed E-state index contributed by atoms with van der Waals surface area (Å²) in [6, 6.07) is 2.14. The van der Waals surface area contributed by atoms with Crippen molar-refractivity contribution in [2.75, 3.05) is 32.7 Å². The number of hydrogen-bond acceptors (Lipinski definition) is 4. The van der Waals surface area contributed by atoms with Crippen molar-refractivity contribution < 1.29 is 5.11 Å². The number of aliphatic hydroxyl groups is 1. The highest BCUT2D eigenvalue weighted by Gasteiger charge is 2.36. The molecule has 0 aromatic carbocycles. The molecule has 18 heavy (non-hydrogen) atoms. The number of rotatable bonds is 3. The average molecular weight is 268 g/mol. The van der Waals surface area contributed by atoms with Crippen LogP contribution in [0.25, 0.3) is 0 Å². The number of fused-ring (bicyclic) bond motifs is 3. The van der Waals surface area contributed by atoms with E-state index in [4.69, 9.17) is 11.6 Å². The highest BCUT2D eigenvalue weighted by atomic mass is 35.5. The van der Waals surface area contributed by atoms with E-state index in [1.807, 2.05) is 6.07 Å². The minimum absolute atomic E-state index is 0.247. The van der Waals surface area contributed by atoms with Gasteiger partial charge in [-0.25, -0.2) is 0 Å². The molecule has 0 saturated carbocycles. The van der Waals surface area contributed by atoms with E-state index >= 15 is 0 Å². The summed E-state index contributed by atoms with van der Waals surface area (Å²) >= 11 is 6.09. The second-order valence-electron chi connectivity index (χ2n) is 5.14. The lowest BCUT2D eigenvalue weighted by molar-refractivity contribution is -0.0453. The topological polar surface area (TPSA) is 39.6 Å². The summed E-state index contributed by atoms with van der Waals surface area (Å²) in [4.78, 5) is 8.81. The highest BCUT2D eigenvalue weighted by molar-refractivity contribution is 6.31. The molecular formula is C13H18ClN3O. The van der Waals surface area contributed by atoms with E-state index in [9.17, 15) is 5.11 Å². The van der Waals surface area contributed by atoms with Gasteiger partial charge in [-0.1, -0.05) is 11.6 Å². The quantitative estimate of drug-likeness (QED) is 0.873. The van der Waals surface area contributed by atoms with Gasteiger partial charge in [0.25, 0.3) is 0 Å². The molecule has 3 aliphatic rings. The van der Waals surface area contributed by atoms with E-state index < -0.39 is 0 Å². The van der Waals surface area contributed by atoms with E-state index in [1.54, 1.807) is 12.4 Å². The van der Waals surface area contributed by atoms with Gasteiger partial charge >= 0.3 is 0 Å². The molecule has 2 bridgehead atoms. The van der Waals surface area contributed by atoms with Gasteiger partial charge in [-0.05, 0) is 11.6 Å². The maximum atomic E-state index is 10.4. The van der Waals surface area contributed by atoms with E-state index in [-0.39, 0.29) is 12.1 Å². The van der Waals surface area contributed by atoms with Gasteiger partial charge in [-0.3, -0.25) is 14.8 Å². The standard InChI is InChI=1S/C13H18ClN3O/c14-11-8-15-2-1-10(11)7-13(18)12-9-16-3-5-17(12)6-4-16/h1-2,8,12-13,18H,3-7,9H2. The van der Waals surface area contributed by atoms with E-state index in [1.165, 1.54) is 0 Å². The Balaban J connectivity index is 1.68. The molecule has 4 nitrogen and oxygen atoms in total. The molecule has 5 heteroatoms. The normalized spacial score (nSPS) is 32.4. The average Bonchev–Trinajstić information content (AvgIpc) is 2.42. The van der Waals surface area contributed by atoms with Crippen LogP contribution in [0.1, 0.15) is 5.56 Å². The first-order valence-electron chi connectivity index (χ1n) is 6.47. The monoisotopic (exact) mass is 267 g/mol. The van der Waals surface area contributed by atoms with Crippen LogP contribution in [-0.4, -0.2) is 64.8 Å².